The normalized spacial score (nSPS) is 14.8. The molecule has 5 nitrogen and oxygen atoms in total. The Morgan fingerprint density at radius 2 is 2.39 bits per heavy atom. The van der Waals surface area contributed by atoms with Crippen molar-refractivity contribution in [2.75, 3.05) is 19.6 Å². The molecule has 0 radical (unpaired) electrons. The van der Waals surface area contributed by atoms with Gasteiger partial charge in [-0.1, -0.05) is 6.92 Å². The van der Waals surface area contributed by atoms with E-state index in [2.05, 4.69) is 11.9 Å². The maximum atomic E-state index is 12.3. The molecule has 100 valence electrons. The van der Waals surface area contributed by atoms with Crippen molar-refractivity contribution in [3.63, 3.8) is 0 Å². The second-order valence-corrected chi connectivity index (χ2v) is 4.98. The number of hydrogen-bond acceptors (Lipinski definition) is 3. The zero-order valence-corrected chi connectivity index (χ0v) is 11.0. The molecule has 5 heteroatoms. The molecule has 0 bridgehead atoms. The second-order valence-electron chi connectivity index (χ2n) is 4.98. The highest BCUT2D eigenvalue weighted by Crippen LogP contribution is 2.30. The molecular weight excluding hydrogens is 228 g/mol. The van der Waals surface area contributed by atoms with Gasteiger partial charge in [0.1, 0.15) is 5.69 Å². The summed E-state index contributed by atoms with van der Waals surface area (Å²) in [6, 6.07) is 0. The molecular formula is C13H22N4O. The average Bonchev–Trinajstić information content (AvgIpc) is 3.05. The van der Waals surface area contributed by atoms with Gasteiger partial charge in [0.25, 0.3) is 5.91 Å². The molecule has 1 aromatic heterocycles. The summed E-state index contributed by atoms with van der Waals surface area (Å²) >= 11 is 0. The zero-order valence-electron chi connectivity index (χ0n) is 11.0. The summed E-state index contributed by atoms with van der Waals surface area (Å²) in [6.45, 7) is 5.07. The predicted molar refractivity (Wildman–Crippen MR) is 70.2 cm³/mol. The summed E-state index contributed by atoms with van der Waals surface area (Å²) < 4.78 is 1.87. The summed E-state index contributed by atoms with van der Waals surface area (Å²) in [5.74, 6) is 0.770. The number of nitrogens with zero attached hydrogens (tertiary/aromatic N) is 3. The Kier molecular flexibility index (Phi) is 4.36. The van der Waals surface area contributed by atoms with Crippen LogP contribution in [0.15, 0.2) is 12.5 Å². The Labute approximate surface area is 108 Å². The Bertz CT molecular complexity index is 397. The minimum absolute atomic E-state index is 0.0551. The molecule has 0 atom stereocenters. The Hall–Kier alpha value is -1.36. The fraction of sp³-hybridized carbons (Fsp3) is 0.692. The van der Waals surface area contributed by atoms with Crippen LogP contribution in [0.4, 0.5) is 0 Å². The summed E-state index contributed by atoms with van der Waals surface area (Å²) in [5.41, 5.74) is 6.02. The van der Waals surface area contributed by atoms with Gasteiger partial charge in [0.2, 0.25) is 0 Å². The highest BCUT2D eigenvalue weighted by atomic mass is 16.2. The summed E-state index contributed by atoms with van der Waals surface area (Å²) in [5, 5.41) is 0. The van der Waals surface area contributed by atoms with Gasteiger partial charge in [0, 0.05) is 32.4 Å². The number of imidazole rings is 1. The third-order valence-corrected chi connectivity index (χ3v) is 3.20. The first kappa shape index (κ1) is 13.1. The third-order valence-electron chi connectivity index (χ3n) is 3.20. The molecule has 0 saturated heterocycles. The highest BCUT2D eigenvalue weighted by Gasteiger charge is 2.27. The van der Waals surface area contributed by atoms with Crippen LogP contribution in [0.5, 0.6) is 0 Å². The number of nitrogens with two attached hydrogens (primary N) is 1. The third kappa shape index (κ3) is 3.32. The van der Waals surface area contributed by atoms with Crippen molar-refractivity contribution in [1.82, 2.24) is 14.5 Å². The molecule has 1 saturated carbocycles. The lowest BCUT2D eigenvalue weighted by Gasteiger charge is -2.20. The van der Waals surface area contributed by atoms with Gasteiger partial charge in [0.05, 0.1) is 6.33 Å². The average molecular weight is 250 g/mol. The van der Waals surface area contributed by atoms with Gasteiger partial charge in [-0.05, 0) is 25.2 Å². The molecule has 1 heterocycles. The van der Waals surface area contributed by atoms with Crippen LogP contribution in [0.2, 0.25) is 0 Å². The Morgan fingerprint density at radius 1 is 1.61 bits per heavy atom. The summed E-state index contributed by atoms with van der Waals surface area (Å²) in [4.78, 5) is 18.5. The van der Waals surface area contributed by atoms with E-state index in [0.717, 1.165) is 19.5 Å². The van der Waals surface area contributed by atoms with E-state index in [1.54, 1.807) is 12.5 Å². The van der Waals surface area contributed by atoms with Crippen molar-refractivity contribution in [3.05, 3.63) is 18.2 Å². The van der Waals surface area contributed by atoms with Crippen LogP contribution in [0.3, 0.4) is 0 Å². The van der Waals surface area contributed by atoms with E-state index in [1.807, 2.05) is 9.47 Å². The molecule has 2 rings (SSSR count). The van der Waals surface area contributed by atoms with E-state index in [0.29, 0.717) is 24.7 Å². The molecule has 0 spiro atoms. The fourth-order valence-corrected chi connectivity index (χ4v) is 2.06. The van der Waals surface area contributed by atoms with Gasteiger partial charge >= 0.3 is 0 Å². The van der Waals surface area contributed by atoms with Gasteiger partial charge in [-0.3, -0.25) is 4.79 Å². The minimum atomic E-state index is 0.0551. The molecule has 1 aliphatic carbocycles. The monoisotopic (exact) mass is 250 g/mol. The number of aromatic nitrogens is 2. The first-order valence-corrected chi connectivity index (χ1v) is 6.75. The van der Waals surface area contributed by atoms with E-state index in [1.165, 1.54) is 12.8 Å². The van der Waals surface area contributed by atoms with Crippen LogP contribution in [0.25, 0.3) is 0 Å². The number of rotatable bonds is 7. The van der Waals surface area contributed by atoms with Crippen LogP contribution >= 0.6 is 0 Å². The van der Waals surface area contributed by atoms with Crippen molar-refractivity contribution in [2.45, 2.75) is 32.7 Å². The van der Waals surface area contributed by atoms with Crippen molar-refractivity contribution in [1.29, 1.82) is 0 Å². The van der Waals surface area contributed by atoms with Crippen molar-refractivity contribution >= 4 is 5.91 Å². The number of hydrogen-bond donors (Lipinski definition) is 1. The molecule has 0 aliphatic heterocycles. The molecule has 1 fully saturated rings. The SMILES string of the molecule is CCCN(CC1CC1)C(=O)c1cn(CCN)cn1. The Morgan fingerprint density at radius 3 is 3.00 bits per heavy atom. The van der Waals surface area contributed by atoms with Crippen molar-refractivity contribution in [2.24, 2.45) is 11.7 Å². The van der Waals surface area contributed by atoms with E-state index < -0.39 is 0 Å². The lowest BCUT2D eigenvalue weighted by molar-refractivity contribution is 0.0742. The van der Waals surface area contributed by atoms with E-state index in [-0.39, 0.29) is 5.91 Å². The lowest BCUT2D eigenvalue weighted by Crippen LogP contribution is -2.33. The van der Waals surface area contributed by atoms with Gasteiger partial charge in [-0.2, -0.15) is 0 Å². The Balaban J connectivity index is 2.00. The molecule has 18 heavy (non-hydrogen) atoms. The van der Waals surface area contributed by atoms with Crippen LogP contribution in [-0.2, 0) is 6.54 Å². The highest BCUT2D eigenvalue weighted by molar-refractivity contribution is 5.92. The van der Waals surface area contributed by atoms with E-state index in [9.17, 15) is 4.79 Å². The molecule has 1 aliphatic rings. The zero-order chi connectivity index (χ0) is 13.0. The van der Waals surface area contributed by atoms with E-state index in [4.69, 9.17) is 5.73 Å². The van der Waals surface area contributed by atoms with Crippen LogP contribution in [0.1, 0.15) is 36.7 Å². The maximum absolute atomic E-state index is 12.3. The number of carbonyl (C=O) groups is 1. The smallest absolute Gasteiger partial charge is 0.274 e. The molecule has 0 unspecified atom stereocenters. The van der Waals surface area contributed by atoms with E-state index >= 15 is 0 Å². The van der Waals surface area contributed by atoms with Crippen LogP contribution in [0, 0.1) is 5.92 Å². The molecule has 1 amide bonds. The molecule has 0 aromatic carbocycles. The molecule has 1 aromatic rings. The van der Waals surface area contributed by atoms with Gasteiger partial charge in [0.15, 0.2) is 0 Å². The van der Waals surface area contributed by atoms with Crippen molar-refractivity contribution < 1.29 is 4.79 Å². The standard InChI is InChI=1S/C13H22N4O/c1-2-6-17(8-11-3-4-11)13(18)12-9-16(7-5-14)10-15-12/h9-11H,2-8,14H2,1H3. The number of amides is 1. The summed E-state index contributed by atoms with van der Waals surface area (Å²) in [7, 11) is 0. The quantitative estimate of drug-likeness (QED) is 0.788. The first-order chi connectivity index (χ1) is 8.74. The van der Waals surface area contributed by atoms with Gasteiger partial charge in [-0.25, -0.2) is 4.98 Å². The fourth-order valence-electron chi connectivity index (χ4n) is 2.06. The minimum Gasteiger partial charge on any atom is -0.337 e. The van der Waals surface area contributed by atoms with Gasteiger partial charge in [-0.15, -0.1) is 0 Å². The van der Waals surface area contributed by atoms with Crippen LogP contribution in [-0.4, -0.2) is 40.0 Å². The van der Waals surface area contributed by atoms with Crippen molar-refractivity contribution in [3.8, 4) is 0 Å². The largest absolute Gasteiger partial charge is 0.337 e. The second kappa shape index (κ2) is 6.00. The maximum Gasteiger partial charge on any atom is 0.274 e. The predicted octanol–water partition coefficient (Wildman–Crippen LogP) is 1.10. The molecule has 2 N–H and O–H groups in total. The van der Waals surface area contributed by atoms with Gasteiger partial charge < -0.3 is 15.2 Å². The first-order valence-electron chi connectivity index (χ1n) is 6.75. The van der Waals surface area contributed by atoms with Crippen LogP contribution < -0.4 is 5.73 Å². The lowest BCUT2D eigenvalue weighted by atomic mass is 10.3. The topological polar surface area (TPSA) is 64.2 Å². The summed E-state index contributed by atoms with van der Waals surface area (Å²) in [6.07, 6.45) is 6.98. The number of carbonyl (C=O) groups excluding carboxylic acids is 1.